The van der Waals surface area contributed by atoms with Gasteiger partial charge in [-0.05, 0) is 42.9 Å². The van der Waals surface area contributed by atoms with Crippen molar-refractivity contribution in [3.05, 3.63) is 87.2 Å². The maximum absolute atomic E-state index is 14.8. The maximum Gasteiger partial charge on any atom is 0.322 e. The van der Waals surface area contributed by atoms with E-state index in [1.807, 2.05) is 30.3 Å². The first-order valence-electron chi connectivity index (χ1n) is 10.9. The average molecular weight is 504 g/mol. The number of anilines is 1. The fraction of sp³-hybridized carbons (Fsp3) is 0.280. The minimum atomic E-state index is -0.678. The van der Waals surface area contributed by atoms with E-state index < -0.39 is 17.8 Å². The number of benzene rings is 2. The summed E-state index contributed by atoms with van der Waals surface area (Å²) in [5, 5.41) is 2.78. The Balaban J connectivity index is 1.35. The van der Waals surface area contributed by atoms with Gasteiger partial charge in [0.15, 0.2) is 0 Å². The minimum Gasteiger partial charge on any atom is -0.487 e. The van der Waals surface area contributed by atoms with Crippen molar-refractivity contribution in [2.24, 2.45) is 5.92 Å². The van der Waals surface area contributed by atoms with Gasteiger partial charge in [0.25, 0.3) is 0 Å². The van der Waals surface area contributed by atoms with E-state index in [2.05, 4.69) is 10.3 Å². The van der Waals surface area contributed by atoms with Crippen LogP contribution in [-0.2, 0) is 19.4 Å². The standard InChI is InChI=1S/C25H21Cl2F2N3O2/c26-19-9-21(28)22(10-20(19)27)31-25(33)32-12-15-6-16(32)8-18-17(7-15)23(11-30-24(18)29)34-13-14-4-2-1-3-5-14/h1-5,9-11,15-16H,6-8,12-13H2,(H,31,33)/t15?,16-/m0/s1. The molecule has 0 saturated carbocycles. The second kappa shape index (κ2) is 9.39. The molecule has 5 nitrogen and oxygen atoms in total. The van der Waals surface area contributed by atoms with E-state index in [0.717, 1.165) is 17.2 Å². The van der Waals surface area contributed by atoms with Gasteiger partial charge in [-0.25, -0.2) is 14.2 Å². The average Bonchev–Trinajstić information content (AvgIpc) is 3.10. The Kier molecular flexibility index (Phi) is 6.32. The number of urea groups is 1. The first-order chi connectivity index (χ1) is 16.4. The highest BCUT2D eigenvalue weighted by molar-refractivity contribution is 6.42. The van der Waals surface area contributed by atoms with E-state index in [1.165, 1.54) is 12.3 Å². The molecule has 9 heteroatoms. The van der Waals surface area contributed by atoms with Gasteiger partial charge < -0.3 is 15.0 Å². The smallest absolute Gasteiger partial charge is 0.322 e. The summed E-state index contributed by atoms with van der Waals surface area (Å²) in [6, 6.07) is 11.4. The molecule has 2 amide bonds. The lowest BCUT2D eigenvalue weighted by Gasteiger charge is -2.27. The molecule has 34 heavy (non-hydrogen) atoms. The highest BCUT2D eigenvalue weighted by atomic mass is 35.5. The number of nitrogens with one attached hydrogen (secondary N) is 1. The Morgan fingerprint density at radius 3 is 2.68 bits per heavy atom. The van der Waals surface area contributed by atoms with E-state index in [0.29, 0.717) is 43.7 Å². The monoisotopic (exact) mass is 503 g/mol. The van der Waals surface area contributed by atoms with Gasteiger partial charge in [0.1, 0.15) is 18.2 Å². The van der Waals surface area contributed by atoms with E-state index in [1.54, 1.807) is 4.90 Å². The summed E-state index contributed by atoms with van der Waals surface area (Å²) in [4.78, 5) is 18.5. The van der Waals surface area contributed by atoms with Crippen molar-refractivity contribution in [1.29, 1.82) is 0 Å². The van der Waals surface area contributed by atoms with Crippen molar-refractivity contribution in [3.63, 3.8) is 0 Å². The number of nitrogens with zero attached hydrogens (tertiary/aromatic N) is 2. The van der Waals surface area contributed by atoms with Crippen molar-refractivity contribution in [2.45, 2.75) is 31.9 Å². The van der Waals surface area contributed by atoms with Crippen molar-refractivity contribution in [2.75, 3.05) is 11.9 Å². The molecule has 2 heterocycles. The van der Waals surface area contributed by atoms with Crippen LogP contribution in [0.5, 0.6) is 5.75 Å². The molecule has 2 aliphatic rings. The molecule has 1 aromatic heterocycles. The number of rotatable bonds is 4. The Bertz CT molecular complexity index is 1240. The molecule has 1 aliphatic heterocycles. The second-order valence-corrected chi connectivity index (χ2v) is 9.45. The lowest BCUT2D eigenvalue weighted by Crippen LogP contribution is -2.41. The molecule has 176 valence electrons. The van der Waals surface area contributed by atoms with Crippen LogP contribution in [0.15, 0.2) is 48.7 Å². The Labute approximate surface area is 205 Å². The highest BCUT2D eigenvalue weighted by Crippen LogP contribution is 2.39. The van der Waals surface area contributed by atoms with E-state index in [-0.39, 0.29) is 27.7 Å². The quantitative estimate of drug-likeness (QED) is 0.337. The number of likely N-dealkylation sites (tertiary alicyclic amines) is 1. The molecule has 1 aliphatic carbocycles. The number of hydrogen-bond donors (Lipinski definition) is 1. The second-order valence-electron chi connectivity index (χ2n) is 8.64. The summed E-state index contributed by atoms with van der Waals surface area (Å²) in [6.07, 6.45) is 3.03. The Morgan fingerprint density at radius 2 is 1.88 bits per heavy atom. The summed E-state index contributed by atoms with van der Waals surface area (Å²) in [5.74, 6) is -0.536. The number of carbonyl (C=O) groups is 1. The molecule has 1 N–H and O–H groups in total. The number of fused-ring (bicyclic) bond motifs is 3. The van der Waals surface area contributed by atoms with Gasteiger partial charge in [-0.1, -0.05) is 53.5 Å². The summed E-state index contributed by atoms with van der Waals surface area (Å²) in [7, 11) is 0. The molecule has 1 unspecified atom stereocenters. The zero-order valence-corrected chi connectivity index (χ0v) is 19.5. The van der Waals surface area contributed by atoms with E-state index in [9.17, 15) is 13.6 Å². The maximum atomic E-state index is 14.8. The first kappa shape index (κ1) is 22.9. The zero-order chi connectivity index (χ0) is 23.8. The molecule has 0 radical (unpaired) electrons. The van der Waals surface area contributed by atoms with Crippen molar-refractivity contribution < 1.29 is 18.3 Å². The predicted octanol–water partition coefficient (Wildman–Crippen LogP) is 6.27. The Hall–Kier alpha value is -2.90. The first-order valence-corrected chi connectivity index (χ1v) is 11.7. The van der Waals surface area contributed by atoms with Crippen LogP contribution < -0.4 is 10.1 Å². The Morgan fingerprint density at radius 1 is 1.12 bits per heavy atom. The van der Waals surface area contributed by atoms with Gasteiger partial charge in [0, 0.05) is 23.7 Å². The van der Waals surface area contributed by atoms with Gasteiger partial charge in [-0.15, -0.1) is 0 Å². The topological polar surface area (TPSA) is 54.5 Å². The third-order valence-corrected chi connectivity index (χ3v) is 7.11. The molecule has 1 fully saturated rings. The third-order valence-electron chi connectivity index (χ3n) is 6.39. The van der Waals surface area contributed by atoms with E-state index >= 15 is 0 Å². The molecule has 2 aromatic carbocycles. The fourth-order valence-corrected chi connectivity index (χ4v) is 5.08. The molecular formula is C25H21Cl2F2N3O2. The third kappa shape index (κ3) is 4.55. The zero-order valence-electron chi connectivity index (χ0n) is 18.0. The van der Waals surface area contributed by atoms with Gasteiger partial charge in [-0.3, -0.25) is 0 Å². The number of amides is 2. The number of aromatic nitrogens is 1. The molecular weight excluding hydrogens is 483 g/mol. The van der Waals surface area contributed by atoms with Gasteiger partial charge in [0.2, 0.25) is 5.95 Å². The summed E-state index contributed by atoms with van der Waals surface area (Å²) >= 11 is 11.8. The number of ether oxygens (including phenoxy) is 1. The normalized spacial score (nSPS) is 18.9. The molecule has 2 atom stereocenters. The van der Waals surface area contributed by atoms with Crippen molar-refractivity contribution in [1.82, 2.24) is 9.88 Å². The number of carbonyl (C=O) groups excluding carboxylic acids is 1. The van der Waals surface area contributed by atoms with Crippen LogP contribution in [0.4, 0.5) is 19.3 Å². The highest BCUT2D eigenvalue weighted by Gasteiger charge is 2.40. The molecule has 0 spiro atoms. The number of hydrogen-bond acceptors (Lipinski definition) is 3. The number of halogens is 4. The van der Waals surface area contributed by atoms with Crippen LogP contribution in [-0.4, -0.2) is 28.5 Å². The van der Waals surface area contributed by atoms with E-state index in [4.69, 9.17) is 27.9 Å². The predicted molar refractivity (Wildman–Crippen MR) is 126 cm³/mol. The summed E-state index contributed by atoms with van der Waals surface area (Å²) < 4.78 is 35.0. The summed E-state index contributed by atoms with van der Waals surface area (Å²) in [5.41, 5.74) is 2.24. The molecule has 5 rings (SSSR count). The van der Waals surface area contributed by atoms with Gasteiger partial charge >= 0.3 is 6.03 Å². The van der Waals surface area contributed by atoms with Gasteiger partial charge in [-0.2, -0.15) is 4.39 Å². The van der Waals surface area contributed by atoms with Crippen LogP contribution in [0, 0.1) is 17.7 Å². The van der Waals surface area contributed by atoms with Crippen LogP contribution in [0.25, 0.3) is 0 Å². The SMILES string of the molecule is O=C(Nc1cc(Cl)c(Cl)cc1F)N1CC2Cc3c(OCc4ccccc4)cnc(F)c3C[C@@H]1C2. The van der Waals surface area contributed by atoms with Crippen LogP contribution in [0.2, 0.25) is 10.0 Å². The molecule has 1 saturated heterocycles. The fourth-order valence-electron chi connectivity index (χ4n) is 4.77. The van der Waals surface area contributed by atoms with Crippen molar-refractivity contribution >= 4 is 34.9 Å². The summed E-state index contributed by atoms with van der Waals surface area (Å²) in [6.45, 7) is 0.833. The lowest BCUT2D eigenvalue weighted by molar-refractivity contribution is 0.203. The minimum absolute atomic E-state index is 0.0523. The van der Waals surface area contributed by atoms with Crippen LogP contribution in [0.1, 0.15) is 23.1 Å². The van der Waals surface area contributed by atoms with Crippen molar-refractivity contribution in [3.8, 4) is 5.75 Å². The van der Waals surface area contributed by atoms with Gasteiger partial charge in [0.05, 0.1) is 21.9 Å². The molecule has 3 aromatic rings. The van der Waals surface area contributed by atoms with Crippen LogP contribution in [0.3, 0.4) is 0 Å². The van der Waals surface area contributed by atoms with Crippen LogP contribution >= 0.6 is 23.2 Å². The largest absolute Gasteiger partial charge is 0.487 e. The lowest BCUT2D eigenvalue weighted by atomic mass is 9.97. The molecule has 2 bridgehead atoms. The number of pyridine rings is 1.